The van der Waals surface area contributed by atoms with E-state index in [9.17, 15) is 9.59 Å². The molecule has 174 valence electrons. The molecule has 1 atom stereocenters. The van der Waals surface area contributed by atoms with Crippen molar-refractivity contribution in [3.8, 4) is 11.5 Å². The van der Waals surface area contributed by atoms with Gasteiger partial charge >= 0.3 is 0 Å². The summed E-state index contributed by atoms with van der Waals surface area (Å²) in [5.41, 5.74) is 8.11. The monoisotopic (exact) mass is 459 g/mol. The summed E-state index contributed by atoms with van der Waals surface area (Å²) in [6, 6.07) is 10.4. The van der Waals surface area contributed by atoms with Crippen LogP contribution in [0.3, 0.4) is 0 Å². The number of hydrogen-bond donors (Lipinski definition) is 2. The van der Waals surface area contributed by atoms with Gasteiger partial charge in [0.05, 0.1) is 25.4 Å². The number of rotatable bonds is 5. The number of piperidine rings is 1. The van der Waals surface area contributed by atoms with Crippen LogP contribution < -0.4 is 25.4 Å². The van der Waals surface area contributed by atoms with Crippen LogP contribution in [-0.4, -0.2) is 54.9 Å². The molecule has 0 spiro atoms. The Hall–Kier alpha value is -4.14. The number of hydrogen-bond acceptors (Lipinski definition) is 9. The first kappa shape index (κ1) is 21.7. The Labute approximate surface area is 196 Å². The second kappa shape index (κ2) is 8.66. The van der Waals surface area contributed by atoms with E-state index in [0.29, 0.717) is 57.5 Å². The number of nitrogens with zero attached hydrogens (tertiary/aromatic N) is 3. The maximum atomic E-state index is 12.9. The van der Waals surface area contributed by atoms with Crippen molar-refractivity contribution in [2.24, 2.45) is 0 Å². The van der Waals surface area contributed by atoms with Crippen LogP contribution in [0.15, 0.2) is 48.2 Å². The predicted molar refractivity (Wildman–Crippen MR) is 129 cm³/mol. The second-order valence-corrected chi connectivity index (χ2v) is 8.36. The fourth-order valence-corrected chi connectivity index (χ4v) is 4.53. The van der Waals surface area contributed by atoms with E-state index in [1.54, 1.807) is 50.6 Å². The Morgan fingerprint density at radius 1 is 1.06 bits per heavy atom. The summed E-state index contributed by atoms with van der Waals surface area (Å²) >= 11 is 0. The molecule has 2 aromatic carbocycles. The van der Waals surface area contributed by atoms with E-state index < -0.39 is 0 Å². The van der Waals surface area contributed by atoms with E-state index in [-0.39, 0.29) is 17.6 Å². The largest absolute Gasteiger partial charge is 0.493 e. The van der Waals surface area contributed by atoms with Crippen LogP contribution in [0, 0.1) is 0 Å². The number of ether oxygens (including phenoxy) is 2. The standard InChI is InChI=1S/C25H25N5O4/c1-33-21-10-17-18(12-22(21)34-2)28-25(29-24(17)26)30-9-5-6-14(13-30)27-19-11-20(31)15-7-3-4-8-16(15)23(19)32/h3-4,7-8,10-12,14,27H,5-6,9,13H2,1-2H3,(H2,26,28,29)/t14-/m1/s1. The van der Waals surface area contributed by atoms with Crippen LogP contribution >= 0.6 is 0 Å². The number of nitrogens with two attached hydrogens (primary N) is 1. The molecule has 1 fully saturated rings. The Bertz CT molecular complexity index is 1340. The lowest BCUT2D eigenvalue weighted by molar-refractivity contribution is 0.0976. The highest BCUT2D eigenvalue weighted by Crippen LogP contribution is 2.34. The number of ketones is 2. The molecule has 0 radical (unpaired) electrons. The molecule has 0 saturated carbocycles. The average molecular weight is 460 g/mol. The molecule has 0 amide bonds. The Morgan fingerprint density at radius 3 is 2.56 bits per heavy atom. The molecule has 2 aliphatic rings. The van der Waals surface area contributed by atoms with Crippen LogP contribution in [-0.2, 0) is 0 Å². The van der Waals surface area contributed by atoms with Gasteiger partial charge in [0.1, 0.15) is 5.82 Å². The molecule has 1 aromatic heterocycles. The molecular weight excluding hydrogens is 434 g/mol. The average Bonchev–Trinajstić information content (AvgIpc) is 2.86. The van der Waals surface area contributed by atoms with E-state index in [0.717, 1.165) is 19.4 Å². The maximum absolute atomic E-state index is 12.9. The van der Waals surface area contributed by atoms with Gasteiger partial charge in [0.2, 0.25) is 11.7 Å². The molecule has 34 heavy (non-hydrogen) atoms. The van der Waals surface area contributed by atoms with E-state index in [4.69, 9.17) is 20.2 Å². The molecule has 1 saturated heterocycles. The zero-order chi connectivity index (χ0) is 23.8. The van der Waals surface area contributed by atoms with Crippen LogP contribution in [0.1, 0.15) is 33.6 Å². The Kier molecular flexibility index (Phi) is 5.53. The van der Waals surface area contributed by atoms with Gasteiger partial charge in [0, 0.05) is 47.8 Å². The third kappa shape index (κ3) is 3.79. The van der Waals surface area contributed by atoms with Crippen molar-refractivity contribution in [3.05, 3.63) is 59.3 Å². The van der Waals surface area contributed by atoms with Gasteiger partial charge in [0.25, 0.3) is 0 Å². The van der Waals surface area contributed by atoms with Crippen molar-refractivity contribution in [1.82, 2.24) is 15.3 Å². The predicted octanol–water partition coefficient (Wildman–Crippen LogP) is 2.75. The summed E-state index contributed by atoms with van der Waals surface area (Å²) in [5.74, 6) is 1.64. The lowest BCUT2D eigenvalue weighted by atomic mass is 9.92. The lowest BCUT2D eigenvalue weighted by Crippen LogP contribution is -2.47. The van der Waals surface area contributed by atoms with Gasteiger partial charge in [-0.1, -0.05) is 24.3 Å². The number of nitrogen functional groups attached to an aromatic ring is 1. The molecule has 1 aliphatic carbocycles. The van der Waals surface area contributed by atoms with Crippen LogP contribution in [0.4, 0.5) is 11.8 Å². The molecule has 9 heteroatoms. The first-order chi connectivity index (χ1) is 16.5. The molecule has 1 aliphatic heterocycles. The fourth-order valence-electron chi connectivity index (χ4n) is 4.53. The number of fused-ring (bicyclic) bond motifs is 2. The normalized spacial score (nSPS) is 17.9. The molecule has 5 rings (SSSR count). The van der Waals surface area contributed by atoms with E-state index >= 15 is 0 Å². The first-order valence-electron chi connectivity index (χ1n) is 11.1. The summed E-state index contributed by atoms with van der Waals surface area (Å²) in [6.45, 7) is 1.32. The summed E-state index contributed by atoms with van der Waals surface area (Å²) < 4.78 is 10.8. The van der Waals surface area contributed by atoms with Gasteiger partial charge in [-0.05, 0) is 18.9 Å². The molecule has 9 nitrogen and oxygen atoms in total. The number of carbonyl (C=O) groups is 2. The summed E-state index contributed by atoms with van der Waals surface area (Å²) in [5, 5.41) is 3.97. The molecule has 2 heterocycles. The van der Waals surface area contributed by atoms with E-state index in [1.807, 2.05) is 4.90 Å². The molecular formula is C25H25N5O4. The minimum atomic E-state index is -0.167. The van der Waals surface area contributed by atoms with Crippen molar-refractivity contribution in [3.63, 3.8) is 0 Å². The van der Waals surface area contributed by atoms with Crippen molar-refractivity contribution < 1.29 is 19.1 Å². The minimum Gasteiger partial charge on any atom is -0.493 e. The summed E-state index contributed by atoms with van der Waals surface area (Å²) in [6.07, 6.45) is 3.12. The number of anilines is 2. The Morgan fingerprint density at radius 2 is 1.79 bits per heavy atom. The van der Waals surface area contributed by atoms with E-state index in [2.05, 4.69) is 10.3 Å². The van der Waals surface area contributed by atoms with Crippen LogP contribution in [0.2, 0.25) is 0 Å². The highest BCUT2D eigenvalue weighted by Gasteiger charge is 2.29. The van der Waals surface area contributed by atoms with Crippen molar-refractivity contribution in [2.45, 2.75) is 18.9 Å². The number of nitrogens with one attached hydrogen (secondary N) is 1. The topological polar surface area (TPSA) is 120 Å². The fraction of sp³-hybridized carbons (Fsp3) is 0.280. The number of benzene rings is 2. The summed E-state index contributed by atoms with van der Waals surface area (Å²) in [7, 11) is 3.13. The van der Waals surface area contributed by atoms with Crippen LogP contribution in [0.25, 0.3) is 10.9 Å². The highest BCUT2D eigenvalue weighted by molar-refractivity contribution is 6.24. The SMILES string of the molecule is COc1cc2nc(N3CCC[C@@H](NC4=CC(=O)c5ccccc5C4=O)C3)nc(N)c2cc1OC. The Balaban J connectivity index is 1.38. The third-order valence-corrected chi connectivity index (χ3v) is 6.24. The minimum absolute atomic E-state index is 0.0482. The summed E-state index contributed by atoms with van der Waals surface area (Å²) in [4.78, 5) is 36.7. The maximum Gasteiger partial charge on any atom is 0.227 e. The smallest absolute Gasteiger partial charge is 0.227 e. The van der Waals surface area contributed by atoms with Gasteiger partial charge in [-0.2, -0.15) is 4.98 Å². The number of methoxy groups -OCH3 is 2. The number of aromatic nitrogens is 2. The van der Waals surface area contributed by atoms with E-state index in [1.165, 1.54) is 6.08 Å². The van der Waals surface area contributed by atoms with Gasteiger partial charge < -0.3 is 25.4 Å². The van der Waals surface area contributed by atoms with Gasteiger partial charge in [-0.15, -0.1) is 0 Å². The third-order valence-electron chi connectivity index (χ3n) is 6.24. The molecule has 0 unspecified atom stereocenters. The van der Waals surface area contributed by atoms with Crippen LogP contribution in [0.5, 0.6) is 11.5 Å². The molecule has 3 N–H and O–H groups in total. The zero-order valence-corrected chi connectivity index (χ0v) is 19.0. The number of allylic oxidation sites excluding steroid dienone is 2. The van der Waals surface area contributed by atoms with Gasteiger partial charge in [-0.3, -0.25) is 9.59 Å². The van der Waals surface area contributed by atoms with Gasteiger partial charge in [-0.25, -0.2) is 4.98 Å². The lowest BCUT2D eigenvalue weighted by Gasteiger charge is -2.34. The highest BCUT2D eigenvalue weighted by atomic mass is 16.5. The zero-order valence-electron chi connectivity index (χ0n) is 19.0. The second-order valence-electron chi connectivity index (χ2n) is 8.36. The van der Waals surface area contributed by atoms with Crippen molar-refractivity contribution in [1.29, 1.82) is 0 Å². The van der Waals surface area contributed by atoms with Crippen molar-refractivity contribution in [2.75, 3.05) is 37.9 Å². The first-order valence-corrected chi connectivity index (χ1v) is 11.1. The quantitative estimate of drug-likeness (QED) is 0.593. The van der Waals surface area contributed by atoms with Gasteiger partial charge in [0.15, 0.2) is 17.3 Å². The van der Waals surface area contributed by atoms with Crippen molar-refractivity contribution >= 4 is 34.2 Å². The molecule has 3 aromatic rings. The number of carbonyl (C=O) groups excluding carboxylic acids is 2. The number of Topliss-reactive ketones (excluding diaryl/α,β-unsaturated/α-hetero) is 1. The molecule has 0 bridgehead atoms.